The lowest BCUT2D eigenvalue weighted by molar-refractivity contribution is -0.381. The summed E-state index contributed by atoms with van der Waals surface area (Å²) in [4.78, 5) is 0. The molecule has 1 atom stereocenters. The highest BCUT2D eigenvalue weighted by Gasteiger charge is 2.53. The van der Waals surface area contributed by atoms with Gasteiger partial charge in [0.05, 0.1) is 13.2 Å². The molecule has 0 aromatic carbocycles. The molecule has 3 rings (SSSR count). The first-order valence-electron chi connectivity index (χ1n) is 3.72. The molecule has 4 nitrogen and oxygen atoms in total. The maximum Gasteiger partial charge on any atom is 0.191 e. The van der Waals surface area contributed by atoms with Gasteiger partial charge in [0.2, 0.25) is 0 Å². The average Bonchev–Trinajstić information content (AvgIpc) is 1.94. The molecular formula is C7H12O4. The van der Waals surface area contributed by atoms with Crippen LogP contribution in [0.3, 0.4) is 0 Å². The highest BCUT2D eigenvalue weighted by atomic mass is 16.7. The average molecular weight is 160 g/mol. The van der Waals surface area contributed by atoms with Crippen molar-refractivity contribution < 1.29 is 19.7 Å². The molecule has 11 heavy (non-hydrogen) atoms. The highest BCUT2D eigenvalue weighted by molar-refractivity contribution is 4.97. The first kappa shape index (κ1) is 7.49. The molecule has 0 unspecified atom stereocenters. The third-order valence-corrected chi connectivity index (χ3v) is 2.43. The van der Waals surface area contributed by atoms with Crippen LogP contribution in [0.25, 0.3) is 0 Å². The fourth-order valence-electron chi connectivity index (χ4n) is 1.49. The van der Waals surface area contributed by atoms with Crippen LogP contribution >= 0.6 is 0 Å². The summed E-state index contributed by atoms with van der Waals surface area (Å²) in [5.74, 6) is -0.884. The number of fused-ring (bicyclic) bond motifs is 3. The minimum absolute atomic E-state index is 0.264. The van der Waals surface area contributed by atoms with Gasteiger partial charge in [-0.2, -0.15) is 0 Å². The van der Waals surface area contributed by atoms with Gasteiger partial charge in [0, 0.05) is 6.42 Å². The Kier molecular flexibility index (Phi) is 1.33. The Balaban J connectivity index is 2.22. The van der Waals surface area contributed by atoms with Crippen LogP contribution in [-0.4, -0.2) is 40.9 Å². The minimum atomic E-state index is -0.961. The van der Waals surface area contributed by atoms with E-state index < -0.39 is 17.5 Å². The predicted octanol–water partition coefficient (Wildman–Crippen LogP) is -0.755. The maximum absolute atomic E-state index is 9.59. The number of aliphatic hydroxyl groups is 2. The lowest BCUT2D eigenvalue weighted by atomic mass is 9.88. The van der Waals surface area contributed by atoms with E-state index in [0.29, 0.717) is 6.42 Å². The van der Waals surface area contributed by atoms with Crippen molar-refractivity contribution in [1.29, 1.82) is 0 Å². The molecular weight excluding hydrogens is 148 g/mol. The van der Waals surface area contributed by atoms with Crippen LogP contribution in [0.4, 0.5) is 0 Å². The van der Waals surface area contributed by atoms with Gasteiger partial charge in [0.25, 0.3) is 0 Å². The third-order valence-electron chi connectivity index (χ3n) is 2.43. The second-order valence-electron chi connectivity index (χ2n) is 3.54. The van der Waals surface area contributed by atoms with Crippen LogP contribution in [-0.2, 0) is 9.47 Å². The predicted molar refractivity (Wildman–Crippen MR) is 35.9 cm³/mol. The highest BCUT2D eigenvalue weighted by Crippen LogP contribution is 2.37. The molecule has 3 heterocycles. The Morgan fingerprint density at radius 1 is 1.36 bits per heavy atom. The minimum Gasteiger partial charge on any atom is -0.387 e. The molecule has 2 bridgehead atoms. The van der Waals surface area contributed by atoms with Crippen molar-refractivity contribution in [3.05, 3.63) is 0 Å². The SMILES string of the molecule is CC12OCC(O)(CO1)C[C@H]2O. The van der Waals surface area contributed by atoms with Gasteiger partial charge in [-0.1, -0.05) is 0 Å². The Labute approximate surface area is 64.7 Å². The van der Waals surface area contributed by atoms with Crippen LogP contribution in [0.5, 0.6) is 0 Å². The van der Waals surface area contributed by atoms with E-state index >= 15 is 0 Å². The van der Waals surface area contributed by atoms with Gasteiger partial charge >= 0.3 is 0 Å². The van der Waals surface area contributed by atoms with E-state index in [4.69, 9.17) is 9.47 Å². The molecule has 3 saturated heterocycles. The van der Waals surface area contributed by atoms with Gasteiger partial charge in [0.15, 0.2) is 5.79 Å². The van der Waals surface area contributed by atoms with Gasteiger partial charge in [-0.25, -0.2) is 0 Å². The normalized spacial score (nSPS) is 56.5. The summed E-state index contributed by atoms with van der Waals surface area (Å²) in [6.45, 7) is 2.22. The quantitative estimate of drug-likeness (QED) is 0.489. The number of hydrogen-bond donors (Lipinski definition) is 2. The Morgan fingerprint density at radius 2 is 1.91 bits per heavy atom. The second kappa shape index (κ2) is 1.95. The van der Waals surface area contributed by atoms with Crippen LogP contribution in [0, 0.1) is 0 Å². The van der Waals surface area contributed by atoms with Crippen molar-refractivity contribution in [2.75, 3.05) is 13.2 Å². The van der Waals surface area contributed by atoms with Crippen molar-refractivity contribution in [1.82, 2.24) is 0 Å². The molecule has 0 aliphatic carbocycles. The molecule has 64 valence electrons. The van der Waals surface area contributed by atoms with Crippen LogP contribution in [0.1, 0.15) is 13.3 Å². The number of rotatable bonds is 0. The molecule has 3 aliphatic rings. The van der Waals surface area contributed by atoms with Gasteiger partial charge in [-0.3, -0.25) is 0 Å². The van der Waals surface area contributed by atoms with Crippen molar-refractivity contribution >= 4 is 0 Å². The van der Waals surface area contributed by atoms with Crippen molar-refractivity contribution in [3.63, 3.8) is 0 Å². The molecule has 0 amide bonds. The standard InChI is InChI=1S/C7H12O4/c1-6-5(8)2-7(9,3-10-6)4-11-6/h5,8-9H,2-4H2,1H3/t5-,6?,7?/m1/s1. The first-order chi connectivity index (χ1) is 5.04. The lowest BCUT2D eigenvalue weighted by Gasteiger charge is -2.51. The van der Waals surface area contributed by atoms with Gasteiger partial charge < -0.3 is 19.7 Å². The van der Waals surface area contributed by atoms with Crippen LogP contribution in [0.2, 0.25) is 0 Å². The lowest BCUT2D eigenvalue weighted by Crippen LogP contribution is -2.65. The topological polar surface area (TPSA) is 58.9 Å². The summed E-state index contributed by atoms with van der Waals surface area (Å²) < 4.78 is 10.3. The number of hydrogen-bond acceptors (Lipinski definition) is 4. The molecule has 0 radical (unpaired) electrons. The summed E-state index contributed by atoms with van der Waals surface area (Å²) in [6, 6.07) is 0. The van der Waals surface area contributed by atoms with E-state index in [9.17, 15) is 10.2 Å². The van der Waals surface area contributed by atoms with Crippen LogP contribution in [0.15, 0.2) is 0 Å². The number of aliphatic hydroxyl groups excluding tert-OH is 1. The molecule has 0 saturated carbocycles. The fourth-order valence-corrected chi connectivity index (χ4v) is 1.49. The summed E-state index contributed by atoms with van der Waals surface area (Å²) >= 11 is 0. The molecule has 0 aromatic rings. The van der Waals surface area contributed by atoms with Crippen molar-refractivity contribution in [3.8, 4) is 0 Å². The maximum atomic E-state index is 9.59. The van der Waals surface area contributed by atoms with Crippen LogP contribution < -0.4 is 0 Å². The molecule has 0 aromatic heterocycles. The van der Waals surface area contributed by atoms with E-state index in [-0.39, 0.29) is 13.2 Å². The number of ether oxygens (including phenoxy) is 2. The summed E-state index contributed by atoms with van der Waals surface area (Å²) in [5.41, 5.74) is -0.961. The molecule has 3 fully saturated rings. The summed E-state index contributed by atoms with van der Waals surface area (Å²) in [6.07, 6.45) is -0.362. The van der Waals surface area contributed by atoms with E-state index in [1.807, 2.05) is 0 Å². The third kappa shape index (κ3) is 0.980. The molecule has 3 aliphatic heterocycles. The molecule has 0 spiro atoms. The summed E-state index contributed by atoms with van der Waals surface area (Å²) in [5, 5.41) is 19.0. The largest absolute Gasteiger partial charge is 0.387 e. The van der Waals surface area contributed by atoms with E-state index in [1.54, 1.807) is 6.92 Å². The molecule has 2 N–H and O–H groups in total. The van der Waals surface area contributed by atoms with E-state index in [0.717, 1.165) is 0 Å². The van der Waals surface area contributed by atoms with Gasteiger partial charge in [0.1, 0.15) is 11.7 Å². The van der Waals surface area contributed by atoms with Gasteiger partial charge in [-0.15, -0.1) is 0 Å². The Hall–Kier alpha value is -0.160. The summed E-state index contributed by atoms with van der Waals surface area (Å²) in [7, 11) is 0. The van der Waals surface area contributed by atoms with Crippen molar-refractivity contribution in [2.45, 2.75) is 30.8 Å². The smallest absolute Gasteiger partial charge is 0.191 e. The first-order valence-corrected chi connectivity index (χ1v) is 3.72. The Morgan fingerprint density at radius 3 is 2.27 bits per heavy atom. The van der Waals surface area contributed by atoms with Gasteiger partial charge in [-0.05, 0) is 6.92 Å². The van der Waals surface area contributed by atoms with E-state index in [1.165, 1.54) is 0 Å². The van der Waals surface area contributed by atoms with Crippen molar-refractivity contribution in [2.24, 2.45) is 0 Å². The monoisotopic (exact) mass is 160 g/mol. The second-order valence-corrected chi connectivity index (χ2v) is 3.54. The zero-order valence-corrected chi connectivity index (χ0v) is 6.41. The fraction of sp³-hybridized carbons (Fsp3) is 1.00. The Bertz CT molecular complexity index is 171. The molecule has 4 heteroatoms. The zero-order valence-electron chi connectivity index (χ0n) is 6.41. The van der Waals surface area contributed by atoms with E-state index in [2.05, 4.69) is 0 Å². The zero-order chi connectivity index (χ0) is 8.11.